The number of carbonyl (C=O) groups is 1. The van der Waals surface area contributed by atoms with Crippen LogP contribution in [0.1, 0.15) is 12.7 Å². The van der Waals surface area contributed by atoms with Gasteiger partial charge in [0.25, 0.3) is 5.91 Å². The SMILES string of the molecule is CC#CC(=O)NCCc1nc2ccccc2[nH]1. The number of H-pyrrole nitrogens is 1. The Morgan fingerprint density at radius 1 is 1.47 bits per heavy atom. The van der Waals surface area contributed by atoms with E-state index >= 15 is 0 Å². The van der Waals surface area contributed by atoms with Crippen LogP contribution < -0.4 is 5.32 Å². The summed E-state index contributed by atoms with van der Waals surface area (Å²) in [5, 5.41) is 2.70. The molecule has 0 saturated heterocycles. The van der Waals surface area contributed by atoms with Crippen LogP contribution in [0.25, 0.3) is 11.0 Å². The lowest BCUT2D eigenvalue weighted by Gasteiger charge is -1.97. The first-order valence-electron chi connectivity index (χ1n) is 5.44. The molecule has 0 aliphatic carbocycles. The van der Waals surface area contributed by atoms with Crippen molar-refractivity contribution >= 4 is 16.9 Å². The van der Waals surface area contributed by atoms with Gasteiger partial charge in [0.15, 0.2) is 0 Å². The molecular weight excluding hydrogens is 214 g/mol. The second kappa shape index (κ2) is 5.17. The van der Waals surface area contributed by atoms with Gasteiger partial charge in [-0.3, -0.25) is 4.79 Å². The number of hydrogen-bond acceptors (Lipinski definition) is 2. The van der Waals surface area contributed by atoms with Crippen LogP contribution in [0.5, 0.6) is 0 Å². The van der Waals surface area contributed by atoms with Crippen LogP contribution in [-0.4, -0.2) is 22.4 Å². The fourth-order valence-electron chi connectivity index (χ4n) is 1.58. The number of rotatable bonds is 3. The number of aromatic nitrogens is 2. The Hall–Kier alpha value is -2.28. The molecule has 2 N–H and O–H groups in total. The molecule has 2 rings (SSSR count). The molecule has 1 aromatic heterocycles. The summed E-state index contributed by atoms with van der Waals surface area (Å²) >= 11 is 0. The molecule has 4 heteroatoms. The summed E-state index contributed by atoms with van der Waals surface area (Å²) in [5.74, 6) is 5.60. The molecule has 0 aliphatic rings. The molecule has 1 heterocycles. The number of para-hydroxylation sites is 2. The van der Waals surface area contributed by atoms with Gasteiger partial charge in [-0.15, -0.1) is 0 Å². The van der Waals surface area contributed by atoms with E-state index in [0.29, 0.717) is 13.0 Å². The third kappa shape index (κ3) is 2.85. The molecule has 0 unspecified atom stereocenters. The number of nitrogens with one attached hydrogen (secondary N) is 2. The maximum absolute atomic E-state index is 11.1. The fraction of sp³-hybridized carbons (Fsp3) is 0.231. The van der Waals surface area contributed by atoms with Crippen molar-refractivity contribution in [3.8, 4) is 11.8 Å². The van der Waals surface area contributed by atoms with E-state index in [-0.39, 0.29) is 5.91 Å². The highest BCUT2D eigenvalue weighted by atomic mass is 16.1. The summed E-state index contributed by atoms with van der Waals surface area (Å²) in [5.41, 5.74) is 1.96. The van der Waals surface area contributed by atoms with E-state index < -0.39 is 0 Å². The van der Waals surface area contributed by atoms with Gasteiger partial charge < -0.3 is 10.3 Å². The number of benzene rings is 1. The minimum absolute atomic E-state index is 0.247. The molecule has 0 bridgehead atoms. The molecule has 86 valence electrons. The average molecular weight is 227 g/mol. The monoisotopic (exact) mass is 227 g/mol. The maximum Gasteiger partial charge on any atom is 0.295 e. The van der Waals surface area contributed by atoms with E-state index in [1.165, 1.54) is 0 Å². The molecule has 2 aromatic rings. The second-order valence-corrected chi connectivity index (χ2v) is 3.58. The van der Waals surface area contributed by atoms with Gasteiger partial charge in [0.1, 0.15) is 5.82 Å². The van der Waals surface area contributed by atoms with Crippen molar-refractivity contribution in [2.24, 2.45) is 0 Å². The van der Waals surface area contributed by atoms with Gasteiger partial charge in [-0.25, -0.2) is 4.98 Å². The lowest BCUT2D eigenvalue weighted by Crippen LogP contribution is -2.24. The first-order valence-corrected chi connectivity index (χ1v) is 5.44. The number of imidazole rings is 1. The number of fused-ring (bicyclic) bond motifs is 1. The van der Waals surface area contributed by atoms with Crippen molar-refractivity contribution in [1.82, 2.24) is 15.3 Å². The quantitative estimate of drug-likeness (QED) is 0.775. The Balaban J connectivity index is 1.94. The van der Waals surface area contributed by atoms with Crippen LogP contribution >= 0.6 is 0 Å². The van der Waals surface area contributed by atoms with Crippen LogP contribution in [0.2, 0.25) is 0 Å². The summed E-state index contributed by atoms with van der Waals surface area (Å²) in [6.45, 7) is 2.17. The lowest BCUT2D eigenvalue weighted by molar-refractivity contribution is -0.115. The Morgan fingerprint density at radius 3 is 3.06 bits per heavy atom. The van der Waals surface area contributed by atoms with Crippen molar-refractivity contribution in [2.75, 3.05) is 6.54 Å². The molecule has 1 aromatic carbocycles. The molecule has 1 amide bonds. The zero-order valence-electron chi connectivity index (χ0n) is 9.58. The molecule has 0 atom stereocenters. The van der Waals surface area contributed by atoms with Gasteiger partial charge in [0.2, 0.25) is 0 Å². The molecular formula is C13H13N3O. The van der Waals surface area contributed by atoms with Crippen LogP contribution in [0, 0.1) is 11.8 Å². The third-order valence-corrected chi connectivity index (χ3v) is 2.32. The highest BCUT2D eigenvalue weighted by Gasteiger charge is 2.02. The van der Waals surface area contributed by atoms with E-state index in [9.17, 15) is 4.79 Å². The number of hydrogen-bond donors (Lipinski definition) is 2. The minimum Gasteiger partial charge on any atom is -0.345 e. The number of amides is 1. The smallest absolute Gasteiger partial charge is 0.295 e. The zero-order valence-corrected chi connectivity index (χ0v) is 9.58. The summed E-state index contributed by atoms with van der Waals surface area (Å²) in [6, 6.07) is 7.85. The van der Waals surface area contributed by atoms with Crippen LogP contribution in [0.4, 0.5) is 0 Å². The van der Waals surface area contributed by atoms with Crippen LogP contribution in [0.3, 0.4) is 0 Å². The minimum atomic E-state index is -0.247. The number of nitrogens with zero attached hydrogens (tertiary/aromatic N) is 1. The third-order valence-electron chi connectivity index (χ3n) is 2.32. The normalized spacial score (nSPS) is 9.71. The maximum atomic E-state index is 11.1. The van der Waals surface area contributed by atoms with Crippen LogP contribution in [0.15, 0.2) is 24.3 Å². The molecule has 0 aliphatic heterocycles. The highest BCUT2D eigenvalue weighted by Crippen LogP contribution is 2.09. The van der Waals surface area contributed by atoms with Crippen molar-refractivity contribution < 1.29 is 4.79 Å². The Kier molecular flexibility index (Phi) is 3.41. The van der Waals surface area contributed by atoms with Gasteiger partial charge in [-0.1, -0.05) is 18.1 Å². The van der Waals surface area contributed by atoms with E-state index in [2.05, 4.69) is 27.1 Å². The van der Waals surface area contributed by atoms with Crippen molar-refractivity contribution in [2.45, 2.75) is 13.3 Å². The number of aromatic amines is 1. The fourth-order valence-corrected chi connectivity index (χ4v) is 1.58. The predicted octanol–water partition coefficient (Wildman–Crippen LogP) is 1.24. The Morgan fingerprint density at radius 2 is 2.29 bits per heavy atom. The van der Waals surface area contributed by atoms with E-state index in [1.807, 2.05) is 24.3 Å². The summed E-state index contributed by atoms with van der Waals surface area (Å²) in [6.07, 6.45) is 0.672. The standard InChI is InChI=1S/C13H13N3O/c1-2-5-13(17)14-9-8-12-15-10-6-3-4-7-11(10)16-12/h3-4,6-7H,8-9H2,1H3,(H,14,17)(H,15,16). The topological polar surface area (TPSA) is 57.8 Å². The molecule has 0 saturated carbocycles. The Labute approximate surface area is 99.4 Å². The van der Waals surface area contributed by atoms with Gasteiger partial charge in [0, 0.05) is 13.0 Å². The largest absolute Gasteiger partial charge is 0.345 e. The van der Waals surface area contributed by atoms with E-state index in [0.717, 1.165) is 16.9 Å². The Bertz CT molecular complexity index is 556. The zero-order chi connectivity index (χ0) is 12.1. The molecule has 0 spiro atoms. The van der Waals surface area contributed by atoms with Crippen molar-refractivity contribution in [3.63, 3.8) is 0 Å². The molecule has 0 fully saturated rings. The first kappa shape index (κ1) is 11.2. The van der Waals surface area contributed by atoms with E-state index in [1.54, 1.807) is 6.92 Å². The van der Waals surface area contributed by atoms with E-state index in [4.69, 9.17) is 0 Å². The van der Waals surface area contributed by atoms with Crippen LogP contribution in [-0.2, 0) is 11.2 Å². The second-order valence-electron chi connectivity index (χ2n) is 3.58. The van der Waals surface area contributed by atoms with Crippen molar-refractivity contribution in [1.29, 1.82) is 0 Å². The summed E-state index contributed by atoms with van der Waals surface area (Å²) in [4.78, 5) is 18.7. The summed E-state index contributed by atoms with van der Waals surface area (Å²) in [7, 11) is 0. The van der Waals surface area contributed by atoms with Gasteiger partial charge in [-0.05, 0) is 25.0 Å². The molecule has 0 radical (unpaired) electrons. The van der Waals surface area contributed by atoms with Gasteiger partial charge in [-0.2, -0.15) is 0 Å². The predicted molar refractivity (Wildman–Crippen MR) is 66.3 cm³/mol. The first-order chi connectivity index (χ1) is 8.29. The summed E-state index contributed by atoms with van der Waals surface area (Å²) < 4.78 is 0. The lowest BCUT2D eigenvalue weighted by atomic mass is 10.3. The van der Waals surface area contributed by atoms with Gasteiger partial charge in [0.05, 0.1) is 11.0 Å². The van der Waals surface area contributed by atoms with Crippen molar-refractivity contribution in [3.05, 3.63) is 30.1 Å². The molecule has 4 nitrogen and oxygen atoms in total. The molecule has 17 heavy (non-hydrogen) atoms. The average Bonchev–Trinajstić information content (AvgIpc) is 2.71. The van der Waals surface area contributed by atoms with Gasteiger partial charge >= 0.3 is 0 Å². The number of carbonyl (C=O) groups excluding carboxylic acids is 1. The highest BCUT2D eigenvalue weighted by molar-refractivity contribution is 5.93.